The van der Waals surface area contributed by atoms with Crippen LogP contribution in [0.1, 0.15) is 67.2 Å². The van der Waals surface area contributed by atoms with Crippen LogP contribution in [-0.2, 0) is 33.5 Å². The molecule has 5 amide bonds. The number of nitrogens with one attached hydrogen (secondary N) is 2. The molecule has 13 nitrogen and oxygen atoms in total. The Labute approximate surface area is 265 Å². The number of fused-ring (bicyclic) bond motifs is 1. The van der Waals surface area contributed by atoms with Crippen molar-refractivity contribution in [3.63, 3.8) is 0 Å². The zero-order valence-electron chi connectivity index (χ0n) is 27.2. The number of hydrogen-bond acceptors (Lipinski definition) is 8. The van der Waals surface area contributed by atoms with E-state index in [0.29, 0.717) is 12.8 Å². The molecule has 0 aromatic heterocycles. The number of hydrogen-bond donors (Lipinski definition) is 3. The fourth-order valence-corrected chi connectivity index (χ4v) is 5.82. The molecule has 0 aromatic carbocycles. The Balaban J connectivity index is 2.59. The van der Waals surface area contributed by atoms with E-state index in [0.717, 1.165) is 0 Å². The molecule has 8 atom stereocenters. The molecule has 0 radical (unpaired) electrons. The van der Waals surface area contributed by atoms with Crippen molar-refractivity contribution in [2.24, 2.45) is 17.8 Å². The van der Waals surface area contributed by atoms with Gasteiger partial charge in [-0.3, -0.25) is 28.8 Å². The molecule has 0 saturated carbocycles. The first-order chi connectivity index (χ1) is 20.6. The third-order valence-electron chi connectivity index (χ3n) is 8.83. The fourth-order valence-electron chi connectivity index (χ4n) is 5.69. The molecular weight excluding hydrogens is 594 g/mol. The van der Waals surface area contributed by atoms with Crippen LogP contribution in [0.4, 0.5) is 0 Å². The predicted molar refractivity (Wildman–Crippen MR) is 163 cm³/mol. The van der Waals surface area contributed by atoms with Gasteiger partial charge in [-0.1, -0.05) is 41.0 Å². The number of likely N-dealkylation sites (N-methyl/N-ethyl adjacent to an activating group) is 2. The maximum absolute atomic E-state index is 14.0. The largest absolute Gasteiger partial charge is 0.452 e. The number of aliphatic hydroxyl groups excluding tert-OH is 1. The SMILES string of the molecule is CCC(C)[C@@H]1NC(=O)[C@@H]2[C@@H](C)CCN2C(=O)[C@@H](C[C@H](O)CCl)OC(=O)CCNC(=O)[C@H](C)N(C)C(=O)[C@H](C(C)C)N(C)C1=O. The van der Waals surface area contributed by atoms with Gasteiger partial charge in [0.1, 0.15) is 24.2 Å². The lowest BCUT2D eigenvalue weighted by atomic mass is 9.94. The lowest BCUT2D eigenvalue weighted by molar-refractivity contribution is -0.163. The normalized spacial score (nSPS) is 30.2. The van der Waals surface area contributed by atoms with Gasteiger partial charge in [-0.05, 0) is 31.1 Å². The van der Waals surface area contributed by atoms with E-state index in [-0.39, 0.29) is 49.6 Å². The lowest BCUT2D eigenvalue weighted by Crippen LogP contribution is -2.61. The van der Waals surface area contributed by atoms with Crippen molar-refractivity contribution in [3.8, 4) is 0 Å². The number of aliphatic hydroxyl groups is 1. The first kappa shape index (κ1) is 37.3. The number of carbonyl (C=O) groups is 6. The summed E-state index contributed by atoms with van der Waals surface area (Å²) in [5, 5.41) is 15.7. The van der Waals surface area contributed by atoms with Crippen LogP contribution in [0.3, 0.4) is 0 Å². The Morgan fingerprint density at radius 1 is 0.977 bits per heavy atom. The maximum atomic E-state index is 14.0. The smallest absolute Gasteiger partial charge is 0.308 e. The highest BCUT2D eigenvalue weighted by Gasteiger charge is 2.45. The van der Waals surface area contributed by atoms with Gasteiger partial charge in [0.25, 0.3) is 5.91 Å². The number of nitrogens with zero attached hydrogens (tertiary/aromatic N) is 3. The van der Waals surface area contributed by atoms with Crippen LogP contribution < -0.4 is 10.6 Å². The molecule has 2 aliphatic rings. The first-order valence-corrected chi connectivity index (χ1v) is 16.0. The molecule has 2 rings (SSSR count). The third-order valence-corrected chi connectivity index (χ3v) is 9.18. The van der Waals surface area contributed by atoms with E-state index >= 15 is 0 Å². The minimum absolute atomic E-state index is 0.128. The van der Waals surface area contributed by atoms with Crippen molar-refractivity contribution in [1.82, 2.24) is 25.3 Å². The van der Waals surface area contributed by atoms with Crippen molar-refractivity contribution < 1.29 is 38.6 Å². The van der Waals surface area contributed by atoms with Crippen molar-refractivity contribution in [2.45, 2.75) is 104 Å². The van der Waals surface area contributed by atoms with Crippen LogP contribution >= 0.6 is 11.6 Å². The number of ether oxygens (including phenoxy) is 1. The summed E-state index contributed by atoms with van der Waals surface area (Å²) in [7, 11) is 2.98. The van der Waals surface area contributed by atoms with E-state index in [4.69, 9.17) is 16.3 Å². The van der Waals surface area contributed by atoms with Crippen molar-refractivity contribution >= 4 is 47.1 Å². The summed E-state index contributed by atoms with van der Waals surface area (Å²) in [6.45, 7) is 10.7. The van der Waals surface area contributed by atoms with Gasteiger partial charge in [0.05, 0.1) is 12.5 Å². The number of rotatable bonds is 6. The Morgan fingerprint density at radius 3 is 2.18 bits per heavy atom. The molecule has 250 valence electrons. The molecule has 1 unspecified atom stereocenters. The van der Waals surface area contributed by atoms with Crippen molar-refractivity contribution in [3.05, 3.63) is 0 Å². The zero-order valence-corrected chi connectivity index (χ0v) is 27.9. The van der Waals surface area contributed by atoms with E-state index in [2.05, 4.69) is 10.6 Å². The molecule has 0 aliphatic carbocycles. The highest BCUT2D eigenvalue weighted by molar-refractivity contribution is 6.18. The molecule has 0 bridgehead atoms. The second-order valence-electron chi connectivity index (χ2n) is 12.4. The molecule has 2 aliphatic heterocycles. The van der Waals surface area contributed by atoms with Crippen LogP contribution in [0, 0.1) is 17.8 Å². The second kappa shape index (κ2) is 16.4. The van der Waals surface area contributed by atoms with Crippen molar-refractivity contribution in [2.75, 3.05) is 33.1 Å². The van der Waals surface area contributed by atoms with Gasteiger partial charge in [-0.15, -0.1) is 11.6 Å². The molecule has 0 aromatic rings. The number of esters is 1. The monoisotopic (exact) mass is 643 g/mol. The topological polar surface area (TPSA) is 166 Å². The molecule has 2 heterocycles. The first-order valence-electron chi connectivity index (χ1n) is 15.4. The van der Waals surface area contributed by atoms with E-state index in [1.807, 2.05) is 20.8 Å². The number of amides is 5. The average Bonchev–Trinajstić information content (AvgIpc) is 3.37. The van der Waals surface area contributed by atoms with Crippen LogP contribution in [0.5, 0.6) is 0 Å². The van der Waals surface area contributed by atoms with Crippen LogP contribution in [0.25, 0.3) is 0 Å². The molecule has 3 N–H and O–H groups in total. The summed E-state index contributed by atoms with van der Waals surface area (Å²) < 4.78 is 5.47. The molecule has 2 saturated heterocycles. The highest BCUT2D eigenvalue weighted by Crippen LogP contribution is 2.27. The van der Waals surface area contributed by atoms with Crippen LogP contribution in [0.2, 0.25) is 0 Å². The van der Waals surface area contributed by atoms with E-state index in [1.165, 1.54) is 35.7 Å². The average molecular weight is 644 g/mol. The summed E-state index contributed by atoms with van der Waals surface area (Å²) in [6.07, 6.45) is -2.09. The van der Waals surface area contributed by atoms with Gasteiger partial charge >= 0.3 is 5.97 Å². The molecule has 14 heteroatoms. The van der Waals surface area contributed by atoms with Gasteiger partial charge in [-0.25, -0.2) is 0 Å². The predicted octanol–water partition coefficient (Wildman–Crippen LogP) is 0.506. The molecule has 0 spiro atoms. The van der Waals surface area contributed by atoms with Gasteiger partial charge in [0.2, 0.25) is 23.6 Å². The van der Waals surface area contributed by atoms with Gasteiger partial charge in [0, 0.05) is 39.5 Å². The van der Waals surface area contributed by atoms with Gasteiger partial charge in [-0.2, -0.15) is 0 Å². The van der Waals surface area contributed by atoms with Crippen LogP contribution in [-0.4, -0.2) is 125 Å². The summed E-state index contributed by atoms with van der Waals surface area (Å²) in [5.41, 5.74) is 0. The Morgan fingerprint density at radius 2 is 1.61 bits per heavy atom. The minimum atomic E-state index is -1.41. The minimum Gasteiger partial charge on any atom is -0.452 e. The second-order valence-corrected chi connectivity index (χ2v) is 12.7. The summed E-state index contributed by atoms with van der Waals surface area (Å²) in [4.78, 5) is 84.9. The summed E-state index contributed by atoms with van der Waals surface area (Å²) >= 11 is 5.78. The molecule has 2 fully saturated rings. The fraction of sp³-hybridized carbons (Fsp3) is 0.800. The van der Waals surface area contributed by atoms with Gasteiger partial charge in [0.15, 0.2) is 6.10 Å². The van der Waals surface area contributed by atoms with E-state index in [9.17, 15) is 33.9 Å². The summed E-state index contributed by atoms with van der Waals surface area (Å²) in [6, 6.07) is -3.83. The Bertz CT molecular complexity index is 1070. The Kier molecular flexibility index (Phi) is 13.9. The molecular formula is C30H50ClN5O8. The van der Waals surface area contributed by atoms with Gasteiger partial charge < -0.3 is 35.2 Å². The van der Waals surface area contributed by atoms with Crippen LogP contribution in [0.15, 0.2) is 0 Å². The van der Waals surface area contributed by atoms with Crippen molar-refractivity contribution in [1.29, 1.82) is 0 Å². The number of halogens is 1. The Hall–Kier alpha value is -2.93. The number of carbonyl (C=O) groups excluding carboxylic acids is 6. The van der Waals surface area contributed by atoms with E-state index in [1.54, 1.807) is 13.8 Å². The molecule has 44 heavy (non-hydrogen) atoms. The summed E-state index contributed by atoms with van der Waals surface area (Å²) in [5.74, 6) is -4.55. The number of alkyl halides is 1. The standard InChI is InChI=1S/C30H50ClN5O8/c1-9-17(4)23-29(42)35(8)24(16(2)3)30(43)34(7)19(6)26(39)32-12-10-22(38)44-21(14-20(37)15-31)28(41)36-13-11-18(5)25(36)27(40)33-23/h16-21,23-25,37H,9-15H2,1-8H3,(H,32,39)(H,33,40)/t17?,18-,19-,20-,21+,23-,24-,25-/m0/s1. The third kappa shape index (κ3) is 8.83. The quantitative estimate of drug-likeness (QED) is 0.278. The lowest BCUT2D eigenvalue weighted by Gasteiger charge is -2.38. The number of cyclic esters (lactones) is 1. The van der Waals surface area contributed by atoms with E-state index < -0.39 is 71.9 Å². The maximum Gasteiger partial charge on any atom is 0.308 e. The zero-order chi connectivity index (χ0) is 33.5. The highest BCUT2D eigenvalue weighted by atomic mass is 35.5.